The number of benzene rings is 1. The molecule has 0 saturated heterocycles. The standard InChI is InChI=1S/C15H21NO4/c1-5-13(15(18)19)16(4)14(17)9-20-12-7-10(2)6-11(3)8-12/h6-8,13H,5,9H2,1-4H3,(H,18,19). The van der Waals surface area contributed by atoms with Crippen LogP contribution in [0.25, 0.3) is 0 Å². The smallest absolute Gasteiger partial charge is 0.326 e. The summed E-state index contributed by atoms with van der Waals surface area (Å²) in [4.78, 5) is 24.1. The van der Waals surface area contributed by atoms with Crippen LogP contribution < -0.4 is 4.74 Å². The van der Waals surface area contributed by atoms with Gasteiger partial charge in [-0.15, -0.1) is 0 Å². The third-order valence-electron chi connectivity index (χ3n) is 3.09. The van der Waals surface area contributed by atoms with Crippen molar-refractivity contribution in [3.8, 4) is 5.75 Å². The van der Waals surface area contributed by atoms with E-state index in [2.05, 4.69) is 0 Å². The van der Waals surface area contributed by atoms with Gasteiger partial charge in [0, 0.05) is 7.05 Å². The van der Waals surface area contributed by atoms with Gasteiger partial charge in [0.1, 0.15) is 11.8 Å². The van der Waals surface area contributed by atoms with Crippen LogP contribution >= 0.6 is 0 Å². The van der Waals surface area contributed by atoms with Gasteiger partial charge in [0.25, 0.3) is 5.91 Å². The Morgan fingerprint density at radius 3 is 2.25 bits per heavy atom. The second-order valence-electron chi connectivity index (χ2n) is 4.88. The minimum absolute atomic E-state index is 0.164. The number of hydrogen-bond donors (Lipinski definition) is 1. The molecule has 20 heavy (non-hydrogen) atoms. The topological polar surface area (TPSA) is 66.8 Å². The molecule has 1 rings (SSSR count). The second-order valence-corrected chi connectivity index (χ2v) is 4.88. The Balaban J connectivity index is 2.64. The zero-order valence-corrected chi connectivity index (χ0v) is 12.3. The number of aryl methyl sites for hydroxylation is 2. The summed E-state index contributed by atoms with van der Waals surface area (Å²) in [7, 11) is 1.48. The predicted molar refractivity (Wildman–Crippen MR) is 75.9 cm³/mol. The van der Waals surface area contributed by atoms with Crippen LogP contribution in [0.3, 0.4) is 0 Å². The predicted octanol–water partition coefficient (Wildman–Crippen LogP) is 2.00. The van der Waals surface area contributed by atoms with E-state index in [9.17, 15) is 9.59 Å². The van der Waals surface area contributed by atoms with Crippen molar-refractivity contribution in [3.05, 3.63) is 29.3 Å². The van der Waals surface area contributed by atoms with Crippen molar-refractivity contribution in [1.29, 1.82) is 0 Å². The maximum atomic E-state index is 11.9. The van der Waals surface area contributed by atoms with Crippen LogP contribution in [0.15, 0.2) is 18.2 Å². The van der Waals surface area contributed by atoms with E-state index in [4.69, 9.17) is 9.84 Å². The van der Waals surface area contributed by atoms with Gasteiger partial charge in [-0.05, 0) is 43.5 Å². The van der Waals surface area contributed by atoms with Crippen molar-refractivity contribution in [2.24, 2.45) is 0 Å². The lowest BCUT2D eigenvalue weighted by Crippen LogP contribution is -2.44. The van der Waals surface area contributed by atoms with Gasteiger partial charge in [0.15, 0.2) is 6.61 Å². The third-order valence-corrected chi connectivity index (χ3v) is 3.09. The Labute approximate surface area is 119 Å². The van der Waals surface area contributed by atoms with Crippen molar-refractivity contribution in [2.45, 2.75) is 33.2 Å². The van der Waals surface area contributed by atoms with Crippen molar-refractivity contribution < 1.29 is 19.4 Å². The summed E-state index contributed by atoms with van der Waals surface area (Å²) in [5, 5.41) is 9.02. The fraction of sp³-hybridized carbons (Fsp3) is 0.467. The summed E-state index contributed by atoms with van der Waals surface area (Å²) in [5.41, 5.74) is 2.11. The fourth-order valence-corrected chi connectivity index (χ4v) is 2.05. The van der Waals surface area contributed by atoms with E-state index in [1.807, 2.05) is 32.0 Å². The highest BCUT2D eigenvalue weighted by Gasteiger charge is 2.24. The third kappa shape index (κ3) is 4.26. The Bertz CT molecular complexity index is 478. The van der Waals surface area contributed by atoms with Gasteiger partial charge < -0.3 is 14.7 Å². The average molecular weight is 279 g/mol. The minimum atomic E-state index is -1.00. The molecule has 0 saturated carbocycles. The van der Waals surface area contributed by atoms with E-state index in [0.29, 0.717) is 12.2 Å². The number of rotatable bonds is 6. The maximum Gasteiger partial charge on any atom is 0.326 e. The molecule has 0 aliphatic heterocycles. The number of carboxylic acid groups (broad SMARTS) is 1. The molecule has 1 aromatic rings. The Kier molecular flexibility index (Phi) is 5.55. The van der Waals surface area contributed by atoms with Crippen LogP contribution in [0.5, 0.6) is 5.75 Å². The average Bonchev–Trinajstić information content (AvgIpc) is 2.35. The Hall–Kier alpha value is -2.04. The Morgan fingerprint density at radius 2 is 1.80 bits per heavy atom. The van der Waals surface area contributed by atoms with Gasteiger partial charge in [-0.25, -0.2) is 4.79 Å². The summed E-state index contributed by atoms with van der Waals surface area (Å²) in [6, 6.07) is 4.88. The molecule has 0 bridgehead atoms. The molecule has 0 aromatic heterocycles. The molecule has 1 amide bonds. The van der Waals surface area contributed by atoms with Gasteiger partial charge in [-0.3, -0.25) is 4.79 Å². The van der Waals surface area contributed by atoms with Crippen LogP contribution in [-0.2, 0) is 9.59 Å². The summed E-state index contributed by atoms with van der Waals surface area (Å²) in [5.74, 6) is -0.735. The molecule has 0 aliphatic carbocycles. The number of aliphatic carboxylic acids is 1. The van der Waals surface area contributed by atoms with Crippen molar-refractivity contribution >= 4 is 11.9 Å². The molecular weight excluding hydrogens is 258 g/mol. The number of hydrogen-bond acceptors (Lipinski definition) is 3. The van der Waals surface area contributed by atoms with Gasteiger partial charge in [-0.1, -0.05) is 13.0 Å². The molecule has 1 unspecified atom stereocenters. The van der Waals surface area contributed by atoms with E-state index in [0.717, 1.165) is 11.1 Å². The highest BCUT2D eigenvalue weighted by Crippen LogP contribution is 2.16. The first-order valence-electron chi connectivity index (χ1n) is 6.54. The van der Waals surface area contributed by atoms with Crippen LogP contribution in [0, 0.1) is 13.8 Å². The van der Waals surface area contributed by atoms with Crippen LogP contribution in [0.2, 0.25) is 0 Å². The van der Waals surface area contributed by atoms with E-state index in [1.165, 1.54) is 11.9 Å². The van der Waals surface area contributed by atoms with Crippen molar-refractivity contribution in [1.82, 2.24) is 4.90 Å². The van der Waals surface area contributed by atoms with Crippen LogP contribution in [-0.4, -0.2) is 41.6 Å². The molecule has 110 valence electrons. The highest BCUT2D eigenvalue weighted by molar-refractivity contribution is 5.84. The molecule has 0 heterocycles. The summed E-state index contributed by atoms with van der Waals surface area (Å²) in [6.45, 7) is 5.47. The lowest BCUT2D eigenvalue weighted by atomic mass is 10.1. The first-order chi connectivity index (χ1) is 9.35. The van der Waals surface area contributed by atoms with E-state index >= 15 is 0 Å². The lowest BCUT2D eigenvalue weighted by Gasteiger charge is -2.23. The normalized spacial score (nSPS) is 11.8. The number of amides is 1. The van der Waals surface area contributed by atoms with Gasteiger partial charge in [0.2, 0.25) is 0 Å². The minimum Gasteiger partial charge on any atom is -0.484 e. The molecule has 0 spiro atoms. The molecule has 1 aromatic carbocycles. The Morgan fingerprint density at radius 1 is 1.25 bits per heavy atom. The molecule has 1 atom stereocenters. The maximum absolute atomic E-state index is 11.9. The highest BCUT2D eigenvalue weighted by atomic mass is 16.5. The molecule has 0 fully saturated rings. The molecule has 5 heteroatoms. The van der Waals surface area contributed by atoms with E-state index < -0.39 is 12.0 Å². The number of carbonyl (C=O) groups is 2. The van der Waals surface area contributed by atoms with Crippen molar-refractivity contribution in [3.63, 3.8) is 0 Å². The molecular formula is C15H21NO4. The zero-order chi connectivity index (χ0) is 15.3. The quantitative estimate of drug-likeness (QED) is 0.865. The first-order valence-corrected chi connectivity index (χ1v) is 6.54. The first kappa shape index (κ1) is 16.0. The summed E-state index contributed by atoms with van der Waals surface area (Å²) < 4.78 is 5.44. The van der Waals surface area contributed by atoms with E-state index in [-0.39, 0.29) is 12.5 Å². The molecule has 0 radical (unpaired) electrons. The summed E-state index contributed by atoms with van der Waals surface area (Å²) in [6.07, 6.45) is 0.362. The lowest BCUT2D eigenvalue weighted by molar-refractivity contribution is -0.149. The van der Waals surface area contributed by atoms with Gasteiger partial charge in [0.05, 0.1) is 0 Å². The van der Waals surface area contributed by atoms with Gasteiger partial charge >= 0.3 is 5.97 Å². The summed E-state index contributed by atoms with van der Waals surface area (Å²) >= 11 is 0. The zero-order valence-electron chi connectivity index (χ0n) is 12.3. The fourth-order valence-electron chi connectivity index (χ4n) is 2.05. The SMILES string of the molecule is CCC(C(=O)O)N(C)C(=O)COc1cc(C)cc(C)c1. The molecule has 1 N–H and O–H groups in total. The second kappa shape index (κ2) is 6.93. The number of likely N-dealkylation sites (N-methyl/N-ethyl adjacent to an activating group) is 1. The number of carboxylic acids is 1. The van der Waals surface area contributed by atoms with Crippen LogP contribution in [0.4, 0.5) is 0 Å². The number of ether oxygens (including phenoxy) is 1. The van der Waals surface area contributed by atoms with Gasteiger partial charge in [-0.2, -0.15) is 0 Å². The molecule has 5 nitrogen and oxygen atoms in total. The van der Waals surface area contributed by atoms with Crippen LogP contribution in [0.1, 0.15) is 24.5 Å². The van der Waals surface area contributed by atoms with Crippen molar-refractivity contribution in [2.75, 3.05) is 13.7 Å². The van der Waals surface area contributed by atoms with E-state index in [1.54, 1.807) is 6.92 Å². The number of nitrogens with zero attached hydrogens (tertiary/aromatic N) is 1. The molecule has 0 aliphatic rings. The monoisotopic (exact) mass is 279 g/mol. The number of carbonyl (C=O) groups excluding carboxylic acids is 1. The largest absolute Gasteiger partial charge is 0.484 e.